The number of carbonyl (C=O) groups is 2. The Morgan fingerprint density at radius 3 is 2.41 bits per heavy atom. The van der Waals surface area contributed by atoms with Crippen molar-refractivity contribution in [2.45, 2.75) is 39.5 Å². The minimum absolute atomic E-state index is 0.233. The number of thiocarbonyl (C=S) groups is 1. The van der Waals surface area contributed by atoms with Gasteiger partial charge in [-0.15, -0.1) is 0 Å². The number of nitrogens with zero attached hydrogens (tertiary/aromatic N) is 1. The van der Waals surface area contributed by atoms with Gasteiger partial charge in [-0.05, 0) is 56.2 Å². The Hall–Kier alpha value is -3.39. The zero-order valence-corrected chi connectivity index (χ0v) is 19.5. The molecule has 32 heavy (non-hydrogen) atoms. The fraction of sp³-hybridized carbons (Fsp3) is 0.292. The van der Waals surface area contributed by atoms with Gasteiger partial charge in [-0.2, -0.15) is 0 Å². The van der Waals surface area contributed by atoms with Gasteiger partial charge in [0.15, 0.2) is 5.11 Å². The van der Waals surface area contributed by atoms with Crippen LogP contribution < -0.4 is 16.0 Å². The lowest BCUT2D eigenvalue weighted by molar-refractivity contribution is -0.143. The molecule has 0 fully saturated rings. The summed E-state index contributed by atoms with van der Waals surface area (Å²) in [7, 11) is 1.81. The van der Waals surface area contributed by atoms with E-state index in [0.717, 1.165) is 16.8 Å². The normalized spacial score (nSPS) is 16.0. The average Bonchev–Trinajstić information content (AvgIpc) is 2.76. The Balaban J connectivity index is 1.72. The van der Waals surface area contributed by atoms with E-state index < -0.39 is 6.04 Å². The summed E-state index contributed by atoms with van der Waals surface area (Å²) in [4.78, 5) is 26.8. The smallest absolute Gasteiger partial charge is 0.338 e. The van der Waals surface area contributed by atoms with Crippen LogP contribution in [0.4, 0.5) is 10.5 Å². The molecular formula is C24H28N4O3S. The summed E-state index contributed by atoms with van der Waals surface area (Å²) < 4.78 is 5.46. The molecule has 0 saturated heterocycles. The van der Waals surface area contributed by atoms with Gasteiger partial charge < -0.3 is 25.6 Å². The monoisotopic (exact) mass is 452 g/mol. The molecular weight excluding hydrogens is 424 g/mol. The van der Waals surface area contributed by atoms with Crippen molar-refractivity contribution in [2.24, 2.45) is 0 Å². The van der Waals surface area contributed by atoms with Crippen LogP contribution in [0.5, 0.6) is 0 Å². The van der Waals surface area contributed by atoms with Crippen LogP contribution in [0.2, 0.25) is 0 Å². The Morgan fingerprint density at radius 1 is 1.12 bits per heavy atom. The third-order valence-corrected chi connectivity index (χ3v) is 5.51. The molecule has 3 rings (SSSR count). The number of ether oxygens (including phenoxy) is 1. The highest BCUT2D eigenvalue weighted by molar-refractivity contribution is 7.80. The van der Waals surface area contributed by atoms with E-state index in [1.165, 1.54) is 0 Å². The lowest BCUT2D eigenvalue weighted by Gasteiger charge is -2.35. The Labute approximate surface area is 193 Å². The second-order valence-corrected chi connectivity index (χ2v) is 8.20. The van der Waals surface area contributed by atoms with E-state index in [-0.39, 0.29) is 18.1 Å². The van der Waals surface area contributed by atoms with E-state index in [4.69, 9.17) is 17.0 Å². The van der Waals surface area contributed by atoms with Crippen molar-refractivity contribution in [1.29, 1.82) is 0 Å². The Bertz CT molecular complexity index is 1020. The number of benzene rings is 2. The number of esters is 1. The Morgan fingerprint density at radius 2 is 1.78 bits per heavy atom. The molecule has 0 spiro atoms. The summed E-state index contributed by atoms with van der Waals surface area (Å²) in [5.41, 5.74) is 3.75. The van der Waals surface area contributed by atoms with E-state index in [2.05, 4.69) is 16.0 Å². The summed E-state index contributed by atoms with van der Waals surface area (Å²) >= 11 is 5.43. The van der Waals surface area contributed by atoms with Crippen LogP contribution in [0.25, 0.3) is 0 Å². The molecule has 0 radical (unpaired) electrons. The number of carbonyl (C=O) groups excluding carboxylic acids is 2. The van der Waals surface area contributed by atoms with Gasteiger partial charge in [0.25, 0.3) is 0 Å². The molecule has 1 atom stereocenters. The average molecular weight is 453 g/mol. The predicted molar refractivity (Wildman–Crippen MR) is 129 cm³/mol. The van der Waals surface area contributed by atoms with Gasteiger partial charge >= 0.3 is 12.0 Å². The molecule has 1 aliphatic heterocycles. The van der Waals surface area contributed by atoms with E-state index in [0.29, 0.717) is 22.9 Å². The Kier molecular flexibility index (Phi) is 7.48. The largest absolute Gasteiger partial charge is 0.459 e. The molecule has 3 N–H and O–H groups in total. The number of nitrogens with one attached hydrogen (secondary N) is 3. The summed E-state index contributed by atoms with van der Waals surface area (Å²) in [6.45, 7) is 5.92. The van der Waals surface area contributed by atoms with Crippen LogP contribution in [-0.2, 0) is 16.1 Å². The minimum atomic E-state index is -0.439. The molecule has 1 heterocycles. The first-order valence-corrected chi connectivity index (χ1v) is 10.8. The molecule has 2 amide bonds. The third kappa shape index (κ3) is 5.64. The van der Waals surface area contributed by atoms with E-state index >= 15 is 0 Å². The molecule has 1 unspecified atom stereocenters. The van der Waals surface area contributed by atoms with Gasteiger partial charge in [-0.1, -0.05) is 42.5 Å². The van der Waals surface area contributed by atoms with Crippen molar-refractivity contribution in [3.05, 3.63) is 77.0 Å². The second kappa shape index (κ2) is 10.3. The van der Waals surface area contributed by atoms with Gasteiger partial charge in [0.05, 0.1) is 17.7 Å². The number of rotatable bonds is 6. The summed E-state index contributed by atoms with van der Waals surface area (Å²) in [6.07, 6.45) is -0.233. The SMILES string of the molecule is CC1=C(C(=O)OC(C)C)C(c2ccc(NC(=O)NCc3ccccc3)cc2)NC(=S)N1C. The van der Waals surface area contributed by atoms with Crippen molar-refractivity contribution < 1.29 is 14.3 Å². The molecule has 2 aromatic rings. The van der Waals surface area contributed by atoms with Crippen LogP contribution in [-0.4, -0.2) is 35.2 Å². The fourth-order valence-electron chi connectivity index (χ4n) is 3.34. The van der Waals surface area contributed by atoms with Crippen molar-refractivity contribution in [3.63, 3.8) is 0 Å². The summed E-state index contributed by atoms with van der Waals surface area (Å²) in [5.74, 6) is -0.383. The summed E-state index contributed by atoms with van der Waals surface area (Å²) in [5, 5.41) is 9.39. The number of urea groups is 1. The maximum absolute atomic E-state index is 12.8. The zero-order valence-electron chi connectivity index (χ0n) is 18.6. The molecule has 7 nitrogen and oxygen atoms in total. The highest BCUT2D eigenvalue weighted by Crippen LogP contribution is 2.31. The second-order valence-electron chi connectivity index (χ2n) is 7.81. The first-order valence-electron chi connectivity index (χ1n) is 10.4. The van der Waals surface area contributed by atoms with Crippen LogP contribution in [0.1, 0.15) is 37.9 Å². The molecule has 0 saturated carbocycles. The summed E-state index contributed by atoms with van der Waals surface area (Å²) in [6, 6.07) is 16.3. The number of allylic oxidation sites excluding steroid dienone is 1. The number of amides is 2. The lowest BCUT2D eigenvalue weighted by Crippen LogP contribution is -2.46. The van der Waals surface area contributed by atoms with Gasteiger partial charge in [0, 0.05) is 25.0 Å². The third-order valence-electron chi connectivity index (χ3n) is 5.11. The standard InChI is InChI=1S/C24H28N4O3S/c1-15(2)31-22(29)20-16(3)28(4)24(32)27-21(20)18-10-12-19(13-11-18)26-23(30)25-14-17-8-6-5-7-9-17/h5-13,15,21H,14H2,1-4H3,(H,27,32)(H2,25,26,30). The molecule has 168 valence electrons. The van der Waals surface area contributed by atoms with Crippen molar-refractivity contribution >= 4 is 35.0 Å². The quantitative estimate of drug-likeness (QED) is 0.452. The van der Waals surface area contributed by atoms with Gasteiger partial charge in [0.1, 0.15) is 0 Å². The van der Waals surface area contributed by atoms with Crippen molar-refractivity contribution in [2.75, 3.05) is 12.4 Å². The van der Waals surface area contributed by atoms with E-state index in [9.17, 15) is 9.59 Å². The van der Waals surface area contributed by atoms with Gasteiger partial charge in [0.2, 0.25) is 0 Å². The lowest BCUT2D eigenvalue weighted by atomic mass is 9.95. The maximum atomic E-state index is 12.8. The predicted octanol–water partition coefficient (Wildman–Crippen LogP) is 4.09. The van der Waals surface area contributed by atoms with Crippen LogP contribution >= 0.6 is 12.2 Å². The molecule has 8 heteroatoms. The number of anilines is 1. The first kappa shape index (κ1) is 23.3. The minimum Gasteiger partial charge on any atom is -0.459 e. The van der Waals surface area contributed by atoms with E-state index in [1.807, 2.05) is 70.3 Å². The maximum Gasteiger partial charge on any atom is 0.338 e. The molecule has 0 aliphatic carbocycles. The highest BCUT2D eigenvalue weighted by atomic mass is 32.1. The molecule has 2 aromatic carbocycles. The molecule has 1 aliphatic rings. The fourth-order valence-corrected chi connectivity index (χ4v) is 3.59. The van der Waals surface area contributed by atoms with Gasteiger partial charge in [-0.3, -0.25) is 0 Å². The van der Waals surface area contributed by atoms with Gasteiger partial charge in [-0.25, -0.2) is 9.59 Å². The number of hydrogen-bond donors (Lipinski definition) is 3. The first-order chi connectivity index (χ1) is 15.3. The van der Waals surface area contributed by atoms with Crippen LogP contribution in [0, 0.1) is 0 Å². The molecule has 0 aromatic heterocycles. The number of hydrogen-bond acceptors (Lipinski definition) is 4. The van der Waals surface area contributed by atoms with Crippen LogP contribution in [0.15, 0.2) is 65.9 Å². The van der Waals surface area contributed by atoms with Crippen molar-refractivity contribution in [1.82, 2.24) is 15.5 Å². The van der Waals surface area contributed by atoms with E-state index in [1.54, 1.807) is 17.0 Å². The topological polar surface area (TPSA) is 82.7 Å². The highest BCUT2D eigenvalue weighted by Gasteiger charge is 2.33. The van der Waals surface area contributed by atoms with Crippen molar-refractivity contribution in [3.8, 4) is 0 Å². The molecule has 0 bridgehead atoms. The van der Waals surface area contributed by atoms with Crippen LogP contribution in [0.3, 0.4) is 0 Å². The zero-order chi connectivity index (χ0) is 23.3.